The molecule has 0 saturated carbocycles. The summed E-state index contributed by atoms with van der Waals surface area (Å²) in [5, 5.41) is 18.1. The molecule has 0 aromatic heterocycles. The first kappa shape index (κ1) is 10.0. The van der Waals surface area contributed by atoms with Crippen LogP contribution in [0.2, 0.25) is 5.02 Å². The van der Waals surface area contributed by atoms with Crippen LogP contribution in [0.25, 0.3) is 0 Å². The molecule has 1 rings (SSSR count). The molecule has 3 nitrogen and oxygen atoms in total. The van der Waals surface area contributed by atoms with Crippen molar-refractivity contribution in [2.24, 2.45) is 0 Å². The van der Waals surface area contributed by atoms with Crippen LogP contribution < -0.4 is 0 Å². The molecule has 0 aliphatic carbocycles. The highest BCUT2D eigenvalue weighted by atomic mass is 35.5. The standard InChI is InChI=1S/C9H9ClO3/c1-5-3-2-4-6(10)7(5)8(11)9(12)13/h2-4,8,11H,1H3,(H,12,13). The van der Waals surface area contributed by atoms with Gasteiger partial charge in [-0.25, -0.2) is 4.79 Å². The zero-order valence-corrected chi connectivity index (χ0v) is 7.75. The SMILES string of the molecule is Cc1cccc(Cl)c1C(O)C(=O)O. The van der Waals surface area contributed by atoms with Gasteiger partial charge in [0.05, 0.1) is 0 Å². The van der Waals surface area contributed by atoms with Gasteiger partial charge in [-0.1, -0.05) is 23.7 Å². The maximum absolute atomic E-state index is 10.5. The number of rotatable bonds is 2. The Morgan fingerprint density at radius 2 is 2.15 bits per heavy atom. The quantitative estimate of drug-likeness (QED) is 0.765. The second-order valence-electron chi connectivity index (χ2n) is 2.71. The fourth-order valence-electron chi connectivity index (χ4n) is 1.11. The van der Waals surface area contributed by atoms with Gasteiger partial charge in [0.2, 0.25) is 0 Å². The number of benzene rings is 1. The third-order valence-corrected chi connectivity index (χ3v) is 2.11. The van der Waals surface area contributed by atoms with Crippen molar-refractivity contribution in [3.8, 4) is 0 Å². The van der Waals surface area contributed by atoms with Crippen molar-refractivity contribution in [3.63, 3.8) is 0 Å². The minimum absolute atomic E-state index is 0.261. The van der Waals surface area contributed by atoms with Crippen molar-refractivity contribution in [2.45, 2.75) is 13.0 Å². The summed E-state index contributed by atoms with van der Waals surface area (Å²) in [4.78, 5) is 10.5. The topological polar surface area (TPSA) is 57.5 Å². The fourth-order valence-corrected chi connectivity index (χ4v) is 1.44. The molecule has 1 atom stereocenters. The van der Waals surface area contributed by atoms with Gasteiger partial charge in [0.1, 0.15) is 0 Å². The molecule has 2 N–H and O–H groups in total. The molecular weight excluding hydrogens is 192 g/mol. The van der Waals surface area contributed by atoms with E-state index in [0.717, 1.165) is 0 Å². The summed E-state index contributed by atoms with van der Waals surface area (Å²) in [5.74, 6) is -1.30. The second-order valence-corrected chi connectivity index (χ2v) is 3.12. The molecule has 0 fully saturated rings. The third-order valence-electron chi connectivity index (χ3n) is 1.78. The Labute approximate surface area is 80.6 Å². The summed E-state index contributed by atoms with van der Waals surface area (Å²) in [5.41, 5.74) is 0.930. The van der Waals surface area contributed by atoms with E-state index in [-0.39, 0.29) is 10.6 Å². The lowest BCUT2D eigenvalue weighted by Gasteiger charge is -2.10. The normalized spacial score (nSPS) is 12.5. The zero-order chi connectivity index (χ0) is 10.0. The zero-order valence-electron chi connectivity index (χ0n) is 6.99. The molecule has 4 heteroatoms. The minimum Gasteiger partial charge on any atom is -0.479 e. The van der Waals surface area contributed by atoms with E-state index < -0.39 is 12.1 Å². The van der Waals surface area contributed by atoms with Crippen LogP contribution in [0.5, 0.6) is 0 Å². The van der Waals surface area contributed by atoms with Crippen LogP contribution in [-0.2, 0) is 4.79 Å². The van der Waals surface area contributed by atoms with Crippen LogP contribution in [0.4, 0.5) is 0 Å². The lowest BCUT2D eigenvalue weighted by atomic mass is 10.0. The third kappa shape index (κ3) is 1.99. The van der Waals surface area contributed by atoms with Gasteiger partial charge < -0.3 is 10.2 Å². The number of carboxylic acid groups (broad SMARTS) is 1. The number of aryl methyl sites for hydroxylation is 1. The Bertz CT molecular complexity index is 315. The number of hydrogen-bond donors (Lipinski definition) is 2. The van der Waals surface area contributed by atoms with Gasteiger partial charge in [-0.05, 0) is 18.6 Å². The minimum atomic E-state index is -1.55. The predicted octanol–water partition coefficient (Wildman–Crippen LogP) is 1.77. The molecule has 1 unspecified atom stereocenters. The Balaban J connectivity index is 3.20. The van der Waals surface area contributed by atoms with Crippen LogP contribution in [-0.4, -0.2) is 16.2 Å². The molecule has 13 heavy (non-hydrogen) atoms. The van der Waals surface area contributed by atoms with Crippen LogP contribution in [0.1, 0.15) is 17.2 Å². The van der Waals surface area contributed by atoms with Crippen molar-refractivity contribution in [3.05, 3.63) is 34.3 Å². The molecular formula is C9H9ClO3. The molecule has 0 aliphatic rings. The molecule has 0 saturated heterocycles. The Morgan fingerprint density at radius 1 is 1.54 bits per heavy atom. The second kappa shape index (κ2) is 3.77. The van der Waals surface area contributed by atoms with Crippen LogP contribution >= 0.6 is 11.6 Å². The van der Waals surface area contributed by atoms with Gasteiger partial charge in [-0.15, -0.1) is 0 Å². The average Bonchev–Trinajstić information content (AvgIpc) is 2.03. The summed E-state index contributed by atoms with van der Waals surface area (Å²) < 4.78 is 0. The lowest BCUT2D eigenvalue weighted by Crippen LogP contribution is -2.12. The molecule has 0 radical (unpaired) electrons. The number of aliphatic carboxylic acids is 1. The number of aliphatic hydroxyl groups is 1. The van der Waals surface area contributed by atoms with Crippen molar-refractivity contribution < 1.29 is 15.0 Å². The Morgan fingerprint density at radius 3 is 2.62 bits per heavy atom. The highest BCUT2D eigenvalue weighted by molar-refractivity contribution is 6.31. The maximum Gasteiger partial charge on any atom is 0.337 e. The molecule has 1 aromatic rings. The van der Waals surface area contributed by atoms with E-state index in [1.807, 2.05) is 0 Å². The van der Waals surface area contributed by atoms with Gasteiger partial charge >= 0.3 is 5.97 Å². The van der Waals surface area contributed by atoms with E-state index in [4.69, 9.17) is 16.7 Å². The smallest absolute Gasteiger partial charge is 0.337 e. The van der Waals surface area contributed by atoms with Gasteiger partial charge in [0.15, 0.2) is 6.10 Å². The molecule has 0 bridgehead atoms. The van der Waals surface area contributed by atoms with E-state index in [0.29, 0.717) is 5.56 Å². The van der Waals surface area contributed by atoms with E-state index in [1.165, 1.54) is 0 Å². The Kier molecular flexibility index (Phi) is 2.90. The average molecular weight is 201 g/mol. The molecule has 0 amide bonds. The van der Waals surface area contributed by atoms with Crippen molar-refractivity contribution in [2.75, 3.05) is 0 Å². The Hall–Kier alpha value is -1.06. The van der Waals surface area contributed by atoms with E-state index >= 15 is 0 Å². The van der Waals surface area contributed by atoms with E-state index in [2.05, 4.69) is 0 Å². The first-order chi connectivity index (χ1) is 6.04. The summed E-state index contributed by atoms with van der Waals surface area (Å²) in [7, 11) is 0. The van der Waals surface area contributed by atoms with Gasteiger partial charge in [-0.2, -0.15) is 0 Å². The number of carbonyl (C=O) groups is 1. The molecule has 70 valence electrons. The number of halogens is 1. The summed E-state index contributed by atoms with van der Waals surface area (Å²) in [6, 6.07) is 4.96. The molecule has 0 spiro atoms. The maximum atomic E-state index is 10.5. The number of hydrogen-bond acceptors (Lipinski definition) is 2. The van der Waals surface area contributed by atoms with Crippen LogP contribution in [0.15, 0.2) is 18.2 Å². The number of aliphatic hydroxyl groups excluding tert-OH is 1. The monoisotopic (exact) mass is 200 g/mol. The highest BCUT2D eigenvalue weighted by Gasteiger charge is 2.20. The van der Waals surface area contributed by atoms with Crippen molar-refractivity contribution in [1.29, 1.82) is 0 Å². The van der Waals surface area contributed by atoms with Crippen molar-refractivity contribution >= 4 is 17.6 Å². The predicted molar refractivity (Wildman–Crippen MR) is 48.8 cm³/mol. The number of carboxylic acids is 1. The fraction of sp³-hybridized carbons (Fsp3) is 0.222. The summed E-state index contributed by atoms with van der Waals surface area (Å²) in [6.07, 6.45) is -1.55. The highest BCUT2D eigenvalue weighted by Crippen LogP contribution is 2.26. The first-order valence-corrected chi connectivity index (χ1v) is 4.07. The van der Waals surface area contributed by atoms with Gasteiger partial charge in [-0.3, -0.25) is 0 Å². The summed E-state index contributed by atoms with van der Waals surface area (Å²) >= 11 is 5.75. The van der Waals surface area contributed by atoms with Crippen LogP contribution in [0.3, 0.4) is 0 Å². The van der Waals surface area contributed by atoms with Gasteiger partial charge in [0.25, 0.3) is 0 Å². The van der Waals surface area contributed by atoms with Crippen LogP contribution in [0, 0.1) is 6.92 Å². The van der Waals surface area contributed by atoms with Crippen molar-refractivity contribution in [1.82, 2.24) is 0 Å². The van der Waals surface area contributed by atoms with E-state index in [1.54, 1.807) is 25.1 Å². The largest absolute Gasteiger partial charge is 0.479 e. The first-order valence-electron chi connectivity index (χ1n) is 3.70. The molecule has 0 heterocycles. The molecule has 1 aromatic carbocycles. The lowest BCUT2D eigenvalue weighted by molar-refractivity contribution is -0.147. The van der Waals surface area contributed by atoms with Gasteiger partial charge in [0, 0.05) is 10.6 Å². The molecule has 0 aliphatic heterocycles. The summed E-state index contributed by atoms with van der Waals surface area (Å²) in [6.45, 7) is 1.70. The van der Waals surface area contributed by atoms with E-state index in [9.17, 15) is 9.90 Å².